The monoisotopic (exact) mass is 286 g/mol. The van der Waals surface area contributed by atoms with Crippen molar-refractivity contribution in [1.29, 1.82) is 0 Å². The molecule has 0 aliphatic rings. The molecule has 106 valence electrons. The highest BCUT2D eigenvalue weighted by molar-refractivity contribution is 6.31. The molecule has 0 aromatic heterocycles. The van der Waals surface area contributed by atoms with Crippen LogP contribution < -0.4 is 5.32 Å². The first kappa shape index (κ1) is 15.9. The molecule has 0 heterocycles. The molecule has 0 bridgehead atoms. The van der Waals surface area contributed by atoms with Gasteiger partial charge in [-0.1, -0.05) is 24.9 Å². The van der Waals surface area contributed by atoms with E-state index in [-0.39, 0.29) is 12.3 Å². The van der Waals surface area contributed by atoms with Crippen molar-refractivity contribution < 1.29 is 10.0 Å². The number of halogens is 1. The summed E-state index contributed by atoms with van der Waals surface area (Å²) in [6, 6.07) is 4.43. The Morgan fingerprint density at radius 2 is 2.26 bits per heavy atom. The lowest BCUT2D eigenvalue weighted by Crippen LogP contribution is -2.23. The largest absolute Gasteiger partial charge is 0.396 e. The third-order valence-electron chi connectivity index (χ3n) is 3.10. The molecular formula is C13H19ClN2O3. The van der Waals surface area contributed by atoms with Crippen LogP contribution in [-0.2, 0) is 6.54 Å². The van der Waals surface area contributed by atoms with E-state index in [4.69, 9.17) is 16.7 Å². The normalized spacial score (nSPS) is 12.4. The van der Waals surface area contributed by atoms with Crippen LogP contribution in [0.15, 0.2) is 18.2 Å². The number of nitro groups is 1. The maximum absolute atomic E-state index is 10.7. The van der Waals surface area contributed by atoms with Crippen LogP contribution in [0.1, 0.15) is 25.3 Å². The molecule has 6 heteroatoms. The van der Waals surface area contributed by atoms with Gasteiger partial charge in [0.15, 0.2) is 0 Å². The number of hydrogen-bond donors (Lipinski definition) is 2. The second-order valence-electron chi connectivity index (χ2n) is 4.45. The molecule has 0 aliphatic heterocycles. The minimum absolute atomic E-state index is 0.0450. The zero-order valence-corrected chi connectivity index (χ0v) is 11.7. The molecular weight excluding hydrogens is 268 g/mol. The molecule has 0 fully saturated rings. The molecule has 5 nitrogen and oxygen atoms in total. The molecule has 0 radical (unpaired) electrons. The van der Waals surface area contributed by atoms with Crippen molar-refractivity contribution in [1.82, 2.24) is 5.32 Å². The number of nitrogens with zero attached hydrogens (tertiary/aromatic N) is 1. The molecule has 0 saturated carbocycles. The van der Waals surface area contributed by atoms with Gasteiger partial charge in [0.2, 0.25) is 0 Å². The van der Waals surface area contributed by atoms with Gasteiger partial charge in [0.25, 0.3) is 5.69 Å². The third-order valence-corrected chi connectivity index (χ3v) is 3.47. The van der Waals surface area contributed by atoms with Crippen LogP contribution in [0.2, 0.25) is 5.02 Å². The van der Waals surface area contributed by atoms with E-state index in [0.717, 1.165) is 24.9 Å². The summed E-state index contributed by atoms with van der Waals surface area (Å²) in [5.41, 5.74) is 0.762. The molecule has 1 rings (SSSR count). The highest BCUT2D eigenvalue weighted by Gasteiger charge is 2.10. The van der Waals surface area contributed by atoms with Crippen LogP contribution in [0.4, 0.5) is 5.69 Å². The average Bonchev–Trinajstić information content (AvgIpc) is 2.39. The van der Waals surface area contributed by atoms with Crippen LogP contribution in [-0.4, -0.2) is 23.2 Å². The smallest absolute Gasteiger partial charge is 0.269 e. The Labute approximate surface area is 117 Å². The summed E-state index contributed by atoms with van der Waals surface area (Å²) in [6.07, 6.45) is 1.74. The van der Waals surface area contributed by atoms with Crippen molar-refractivity contribution in [2.24, 2.45) is 5.92 Å². The van der Waals surface area contributed by atoms with Gasteiger partial charge in [-0.05, 0) is 30.5 Å². The number of nitrogens with one attached hydrogen (secondary N) is 1. The summed E-state index contributed by atoms with van der Waals surface area (Å²) in [7, 11) is 0. The van der Waals surface area contributed by atoms with Crippen molar-refractivity contribution in [3.8, 4) is 0 Å². The number of aliphatic hydroxyl groups is 1. The number of aliphatic hydroxyl groups excluding tert-OH is 1. The molecule has 1 aromatic rings. The molecule has 19 heavy (non-hydrogen) atoms. The van der Waals surface area contributed by atoms with Crippen LogP contribution >= 0.6 is 11.6 Å². The Bertz CT molecular complexity index is 426. The standard InChI is InChI=1S/C13H19ClN2O3/c1-2-10(5-6-17)8-15-9-11-7-12(16(18)19)3-4-13(11)14/h3-4,7,10,15,17H,2,5-6,8-9H2,1H3. The summed E-state index contributed by atoms with van der Waals surface area (Å²) >= 11 is 6.01. The molecule has 1 aromatic carbocycles. The fraction of sp³-hybridized carbons (Fsp3) is 0.538. The number of hydrogen-bond acceptors (Lipinski definition) is 4. The highest BCUT2D eigenvalue weighted by Crippen LogP contribution is 2.22. The maximum Gasteiger partial charge on any atom is 0.269 e. The SMILES string of the molecule is CCC(CCO)CNCc1cc([N+](=O)[O-])ccc1Cl. The van der Waals surface area contributed by atoms with Crippen molar-refractivity contribution in [2.75, 3.05) is 13.2 Å². The van der Waals surface area contributed by atoms with E-state index >= 15 is 0 Å². The van der Waals surface area contributed by atoms with Crippen LogP contribution in [0, 0.1) is 16.0 Å². The van der Waals surface area contributed by atoms with E-state index < -0.39 is 4.92 Å². The average molecular weight is 287 g/mol. The second-order valence-corrected chi connectivity index (χ2v) is 4.86. The lowest BCUT2D eigenvalue weighted by molar-refractivity contribution is -0.384. The lowest BCUT2D eigenvalue weighted by atomic mass is 10.0. The molecule has 0 spiro atoms. The van der Waals surface area contributed by atoms with Crippen molar-refractivity contribution in [3.05, 3.63) is 38.9 Å². The van der Waals surface area contributed by atoms with E-state index in [2.05, 4.69) is 12.2 Å². The Balaban J connectivity index is 2.57. The lowest BCUT2D eigenvalue weighted by Gasteiger charge is -2.14. The first-order valence-corrected chi connectivity index (χ1v) is 6.70. The van der Waals surface area contributed by atoms with Gasteiger partial charge in [0, 0.05) is 30.3 Å². The van der Waals surface area contributed by atoms with E-state index in [1.807, 2.05) is 0 Å². The summed E-state index contributed by atoms with van der Waals surface area (Å²) in [6.45, 7) is 3.50. The van der Waals surface area contributed by atoms with Gasteiger partial charge < -0.3 is 10.4 Å². The Hall–Kier alpha value is -1.17. The van der Waals surface area contributed by atoms with Gasteiger partial charge in [-0.3, -0.25) is 10.1 Å². The van der Waals surface area contributed by atoms with E-state index in [1.54, 1.807) is 6.07 Å². The molecule has 0 amide bonds. The fourth-order valence-corrected chi connectivity index (χ4v) is 2.04. The van der Waals surface area contributed by atoms with Gasteiger partial charge in [-0.15, -0.1) is 0 Å². The predicted molar refractivity (Wildman–Crippen MR) is 75.3 cm³/mol. The number of rotatable bonds is 8. The number of benzene rings is 1. The fourth-order valence-electron chi connectivity index (χ4n) is 1.85. The van der Waals surface area contributed by atoms with Gasteiger partial charge in [0.1, 0.15) is 0 Å². The van der Waals surface area contributed by atoms with Crippen LogP contribution in [0.5, 0.6) is 0 Å². The van der Waals surface area contributed by atoms with E-state index in [0.29, 0.717) is 17.5 Å². The zero-order chi connectivity index (χ0) is 14.3. The molecule has 1 unspecified atom stereocenters. The molecule has 0 aliphatic carbocycles. The first-order valence-electron chi connectivity index (χ1n) is 6.32. The quantitative estimate of drug-likeness (QED) is 0.569. The zero-order valence-electron chi connectivity index (χ0n) is 10.9. The highest BCUT2D eigenvalue weighted by atomic mass is 35.5. The minimum Gasteiger partial charge on any atom is -0.396 e. The van der Waals surface area contributed by atoms with Crippen LogP contribution in [0.3, 0.4) is 0 Å². The van der Waals surface area contributed by atoms with Crippen molar-refractivity contribution in [2.45, 2.75) is 26.3 Å². The molecule has 1 atom stereocenters. The van der Waals surface area contributed by atoms with E-state index in [9.17, 15) is 10.1 Å². The van der Waals surface area contributed by atoms with Crippen LogP contribution in [0.25, 0.3) is 0 Å². The Kier molecular flexibility index (Phi) is 6.77. The van der Waals surface area contributed by atoms with Gasteiger partial charge in [-0.2, -0.15) is 0 Å². The summed E-state index contributed by atoms with van der Waals surface area (Å²) in [4.78, 5) is 10.3. The topological polar surface area (TPSA) is 75.4 Å². The van der Waals surface area contributed by atoms with Gasteiger partial charge in [0.05, 0.1) is 4.92 Å². The van der Waals surface area contributed by atoms with Crippen molar-refractivity contribution in [3.63, 3.8) is 0 Å². The third kappa shape index (κ3) is 5.14. The van der Waals surface area contributed by atoms with E-state index in [1.165, 1.54) is 12.1 Å². The summed E-state index contributed by atoms with van der Waals surface area (Å²) in [5, 5.41) is 23.3. The second kappa shape index (κ2) is 8.09. The first-order chi connectivity index (χ1) is 9.08. The summed E-state index contributed by atoms with van der Waals surface area (Å²) in [5.74, 6) is 0.405. The Morgan fingerprint density at radius 1 is 1.53 bits per heavy atom. The number of nitro benzene ring substituents is 1. The predicted octanol–water partition coefficient (Wildman–Crippen LogP) is 2.75. The Morgan fingerprint density at radius 3 is 2.84 bits per heavy atom. The minimum atomic E-state index is -0.430. The maximum atomic E-state index is 10.7. The van der Waals surface area contributed by atoms with Gasteiger partial charge >= 0.3 is 0 Å². The molecule has 2 N–H and O–H groups in total. The van der Waals surface area contributed by atoms with Crippen molar-refractivity contribution >= 4 is 17.3 Å². The summed E-state index contributed by atoms with van der Waals surface area (Å²) < 4.78 is 0. The number of non-ortho nitro benzene ring substituents is 1. The van der Waals surface area contributed by atoms with Gasteiger partial charge in [-0.25, -0.2) is 0 Å². The molecule has 0 saturated heterocycles.